The molecule has 1 fully saturated rings. The number of halogens is 1. The topological polar surface area (TPSA) is 12.0 Å². The highest BCUT2D eigenvalue weighted by atomic mass is 19.1. The van der Waals surface area contributed by atoms with Crippen LogP contribution < -0.4 is 5.32 Å². The Bertz CT molecular complexity index is 377. The van der Waals surface area contributed by atoms with Gasteiger partial charge in [-0.2, -0.15) is 0 Å². The highest BCUT2D eigenvalue weighted by Crippen LogP contribution is 2.28. The lowest BCUT2D eigenvalue weighted by Crippen LogP contribution is -2.29. The summed E-state index contributed by atoms with van der Waals surface area (Å²) in [5, 5.41) is 3.49. The first-order valence-corrected chi connectivity index (χ1v) is 7.14. The zero-order chi connectivity index (χ0) is 13.0. The highest BCUT2D eigenvalue weighted by molar-refractivity contribution is 5.20. The van der Waals surface area contributed by atoms with Crippen LogP contribution in [0.15, 0.2) is 24.3 Å². The van der Waals surface area contributed by atoms with E-state index in [0.29, 0.717) is 0 Å². The average Bonchev–Trinajstić information content (AvgIpc) is 2.37. The summed E-state index contributed by atoms with van der Waals surface area (Å²) in [5.41, 5.74) is 0.779. The average molecular weight is 249 g/mol. The van der Waals surface area contributed by atoms with Gasteiger partial charge in [0.1, 0.15) is 5.82 Å². The summed E-state index contributed by atoms with van der Waals surface area (Å²) >= 11 is 0. The van der Waals surface area contributed by atoms with E-state index in [1.165, 1.54) is 31.7 Å². The van der Waals surface area contributed by atoms with Crippen molar-refractivity contribution < 1.29 is 4.39 Å². The van der Waals surface area contributed by atoms with E-state index in [4.69, 9.17) is 0 Å². The van der Waals surface area contributed by atoms with E-state index in [2.05, 4.69) is 12.2 Å². The molecule has 1 aliphatic rings. The lowest BCUT2D eigenvalue weighted by Gasteiger charge is -2.28. The van der Waals surface area contributed by atoms with E-state index in [0.717, 1.165) is 23.9 Å². The van der Waals surface area contributed by atoms with Crippen molar-refractivity contribution in [3.05, 3.63) is 35.6 Å². The molecule has 0 bridgehead atoms. The van der Waals surface area contributed by atoms with Crippen molar-refractivity contribution in [3.63, 3.8) is 0 Å². The molecule has 0 heterocycles. The summed E-state index contributed by atoms with van der Waals surface area (Å²) in [4.78, 5) is 0. The lowest BCUT2D eigenvalue weighted by atomic mass is 9.82. The maximum absolute atomic E-state index is 13.6. The molecule has 18 heavy (non-hydrogen) atoms. The molecule has 0 aliphatic heterocycles. The van der Waals surface area contributed by atoms with Crippen LogP contribution in [0.4, 0.5) is 4.39 Å². The molecule has 1 saturated carbocycles. The Morgan fingerprint density at radius 1 is 1.33 bits per heavy atom. The van der Waals surface area contributed by atoms with Gasteiger partial charge in [-0.1, -0.05) is 38.0 Å². The molecule has 0 spiro atoms. The molecule has 1 aromatic carbocycles. The van der Waals surface area contributed by atoms with Gasteiger partial charge in [-0.25, -0.2) is 4.39 Å². The predicted molar refractivity (Wildman–Crippen MR) is 73.9 cm³/mol. The smallest absolute Gasteiger partial charge is 0.127 e. The Labute approximate surface area is 110 Å². The van der Waals surface area contributed by atoms with Crippen molar-refractivity contribution in [1.82, 2.24) is 5.32 Å². The molecule has 1 aromatic rings. The Kier molecular flexibility index (Phi) is 4.76. The van der Waals surface area contributed by atoms with Crippen LogP contribution in [0.1, 0.15) is 51.1 Å². The molecule has 1 N–H and O–H groups in total. The monoisotopic (exact) mass is 249 g/mol. The van der Waals surface area contributed by atoms with Crippen LogP contribution in [0.3, 0.4) is 0 Å². The third kappa shape index (κ3) is 3.55. The summed E-state index contributed by atoms with van der Waals surface area (Å²) in [6.45, 7) is 5.40. The van der Waals surface area contributed by atoms with Gasteiger partial charge < -0.3 is 5.32 Å². The molecule has 1 aliphatic carbocycles. The molecule has 0 radical (unpaired) electrons. The molecule has 2 rings (SSSR count). The largest absolute Gasteiger partial charge is 0.310 e. The minimum atomic E-state index is -0.102. The van der Waals surface area contributed by atoms with Crippen molar-refractivity contribution in [2.45, 2.75) is 45.6 Å². The normalized spacial score (nSPS) is 25.9. The zero-order valence-corrected chi connectivity index (χ0v) is 11.5. The van der Waals surface area contributed by atoms with E-state index >= 15 is 0 Å². The van der Waals surface area contributed by atoms with Crippen LogP contribution in [0.25, 0.3) is 0 Å². The standard InChI is InChI=1S/C16H24FN/c1-12-6-5-7-14(10-12)11-18-13(2)15-8-3-4-9-16(15)17/h3-4,8-9,12-14,18H,5-7,10-11H2,1-2H3/t12?,13-,14?/m1/s1. The summed E-state index contributed by atoms with van der Waals surface area (Å²) in [5.74, 6) is 1.52. The van der Waals surface area contributed by atoms with Gasteiger partial charge in [0.25, 0.3) is 0 Å². The lowest BCUT2D eigenvalue weighted by molar-refractivity contribution is 0.268. The van der Waals surface area contributed by atoms with E-state index in [1.807, 2.05) is 19.1 Å². The van der Waals surface area contributed by atoms with Crippen molar-refractivity contribution in [2.75, 3.05) is 6.54 Å². The molecule has 100 valence electrons. The van der Waals surface area contributed by atoms with Gasteiger partial charge in [0, 0.05) is 11.6 Å². The molecular weight excluding hydrogens is 225 g/mol. The summed E-state index contributed by atoms with van der Waals surface area (Å²) in [6, 6.07) is 7.16. The number of hydrogen-bond acceptors (Lipinski definition) is 1. The third-order valence-corrected chi connectivity index (χ3v) is 4.13. The first-order chi connectivity index (χ1) is 8.66. The second kappa shape index (κ2) is 6.33. The summed E-state index contributed by atoms with van der Waals surface area (Å²) in [7, 11) is 0. The maximum Gasteiger partial charge on any atom is 0.127 e. The fourth-order valence-electron chi connectivity index (χ4n) is 3.02. The Balaban J connectivity index is 1.84. The zero-order valence-electron chi connectivity index (χ0n) is 11.5. The molecule has 2 heteroatoms. The molecule has 1 nitrogen and oxygen atoms in total. The van der Waals surface area contributed by atoms with E-state index < -0.39 is 0 Å². The van der Waals surface area contributed by atoms with Gasteiger partial charge in [0.15, 0.2) is 0 Å². The molecule has 0 amide bonds. The van der Waals surface area contributed by atoms with Crippen LogP contribution in [0.2, 0.25) is 0 Å². The number of hydrogen-bond donors (Lipinski definition) is 1. The predicted octanol–water partition coefficient (Wildman–Crippen LogP) is 4.30. The first-order valence-electron chi connectivity index (χ1n) is 7.14. The third-order valence-electron chi connectivity index (χ3n) is 4.13. The van der Waals surface area contributed by atoms with Crippen LogP contribution in [-0.2, 0) is 0 Å². The van der Waals surface area contributed by atoms with Crippen LogP contribution in [0.5, 0.6) is 0 Å². The number of rotatable bonds is 4. The first kappa shape index (κ1) is 13.5. The van der Waals surface area contributed by atoms with Gasteiger partial charge in [-0.15, -0.1) is 0 Å². The van der Waals surface area contributed by atoms with E-state index in [9.17, 15) is 4.39 Å². The van der Waals surface area contributed by atoms with Crippen molar-refractivity contribution in [2.24, 2.45) is 11.8 Å². The minimum Gasteiger partial charge on any atom is -0.310 e. The highest BCUT2D eigenvalue weighted by Gasteiger charge is 2.19. The molecular formula is C16H24FN. The van der Waals surface area contributed by atoms with Crippen LogP contribution in [0, 0.1) is 17.7 Å². The minimum absolute atomic E-state index is 0.100. The van der Waals surface area contributed by atoms with Crippen molar-refractivity contribution in [1.29, 1.82) is 0 Å². The van der Waals surface area contributed by atoms with E-state index in [1.54, 1.807) is 6.07 Å². The van der Waals surface area contributed by atoms with Crippen molar-refractivity contribution in [3.8, 4) is 0 Å². The van der Waals surface area contributed by atoms with Crippen LogP contribution >= 0.6 is 0 Å². The molecule has 2 unspecified atom stereocenters. The molecule has 0 saturated heterocycles. The summed E-state index contributed by atoms with van der Waals surface area (Å²) < 4.78 is 13.6. The van der Waals surface area contributed by atoms with Gasteiger partial charge in [-0.3, -0.25) is 0 Å². The summed E-state index contributed by atoms with van der Waals surface area (Å²) in [6.07, 6.45) is 5.36. The second-order valence-electron chi connectivity index (χ2n) is 5.79. The fraction of sp³-hybridized carbons (Fsp3) is 0.625. The maximum atomic E-state index is 13.6. The van der Waals surface area contributed by atoms with Gasteiger partial charge in [0.05, 0.1) is 0 Å². The Morgan fingerprint density at radius 2 is 2.11 bits per heavy atom. The molecule has 0 aromatic heterocycles. The van der Waals surface area contributed by atoms with Crippen LogP contribution in [-0.4, -0.2) is 6.54 Å². The van der Waals surface area contributed by atoms with Crippen molar-refractivity contribution >= 4 is 0 Å². The van der Waals surface area contributed by atoms with E-state index in [-0.39, 0.29) is 11.9 Å². The fourth-order valence-corrected chi connectivity index (χ4v) is 3.02. The molecule has 3 atom stereocenters. The number of benzene rings is 1. The van der Waals surface area contributed by atoms with Gasteiger partial charge in [-0.05, 0) is 44.2 Å². The Morgan fingerprint density at radius 3 is 2.83 bits per heavy atom. The quantitative estimate of drug-likeness (QED) is 0.838. The number of nitrogens with one attached hydrogen (secondary N) is 1. The SMILES string of the molecule is CC1CCCC(CN[C@H](C)c2ccccc2F)C1. The van der Waals surface area contributed by atoms with Gasteiger partial charge in [0.2, 0.25) is 0 Å². The van der Waals surface area contributed by atoms with Gasteiger partial charge >= 0.3 is 0 Å². The second-order valence-corrected chi connectivity index (χ2v) is 5.79. The Hall–Kier alpha value is -0.890.